The zero-order valence-electron chi connectivity index (χ0n) is 20.0. The molecule has 0 amide bonds. The summed E-state index contributed by atoms with van der Waals surface area (Å²) in [6.45, 7) is 9.16. The van der Waals surface area contributed by atoms with Gasteiger partial charge in [-0.2, -0.15) is 0 Å². The molecule has 9 heteroatoms. The number of rotatable bonds is 9. The van der Waals surface area contributed by atoms with Gasteiger partial charge in [-0.05, 0) is 54.9 Å². The molecule has 0 spiro atoms. The van der Waals surface area contributed by atoms with Crippen LogP contribution in [0.1, 0.15) is 47.9 Å². The fourth-order valence-corrected chi connectivity index (χ4v) is 6.65. The fraction of sp³-hybridized carbons (Fsp3) is 0.385. The van der Waals surface area contributed by atoms with Crippen LogP contribution in [0.2, 0.25) is 0 Å². The number of thioether (sulfide) groups is 1. The Labute approximate surface area is 212 Å². The molecule has 1 aliphatic rings. The number of benzene rings is 1. The van der Waals surface area contributed by atoms with E-state index in [4.69, 9.17) is 9.72 Å². The van der Waals surface area contributed by atoms with Crippen LogP contribution in [0.15, 0.2) is 46.9 Å². The maximum absolute atomic E-state index is 12.9. The normalized spacial score (nSPS) is 15.3. The summed E-state index contributed by atoms with van der Waals surface area (Å²) in [5.74, 6) is 3.34. The first-order chi connectivity index (χ1) is 17.1. The number of thiophene rings is 1. The number of nitrogens with zero attached hydrogens (tertiary/aromatic N) is 4. The Balaban J connectivity index is 1.31. The van der Waals surface area contributed by atoms with Crippen molar-refractivity contribution in [1.29, 1.82) is 0 Å². The number of aromatic nitrogens is 5. The van der Waals surface area contributed by atoms with Crippen LogP contribution in [0.3, 0.4) is 0 Å². The van der Waals surface area contributed by atoms with Gasteiger partial charge in [0.1, 0.15) is 23.0 Å². The van der Waals surface area contributed by atoms with Crippen molar-refractivity contribution in [3.05, 3.63) is 74.9 Å². The first kappa shape index (κ1) is 23.8. The number of nitrogens with one attached hydrogen (secondary N) is 1. The molecule has 0 saturated heterocycles. The van der Waals surface area contributed by atoms with Crippen LogP contribution >= 0.6 is 23.1 Å². The van der Waals surface area contributed by atoms with Gasteiger partial charge >= 0.3 is 0 Å². The monoisotopic (exact) mass is 507 g/mol. The van der Waals surface area contributed by atoms with Gasteiger partial charge in [0.15, 0.2) is 11.0 Å². The molecule has 0 radical (unpaired) electrons. The summed E-state index contributed by atoms with van der Waals surface area (Å²) in [5, 5.41) is 10.2. The topological polar surface area (TPSA) is 85.7 Å². The fourth-order valence-electron chi connectivity index (χ4n) is 4.41. The number of aryl methyl sites for hydroxylation is 2. The molecule has 5 rings (SSSR count). The third kappa shape index (κ3) is 5.06. The van der Waals surface area contributed by atoms with Gasteiger partial charge < -0.3 is 9.72 Å². The minimum atomic E-state index is -0.0339. The molecule has 1 atom stereocenters. The molecular weight excluding hydrogens is 478 g/mol. The van der Waals surface area contributed by atoms with Gasteiger partial charge in [0.2, 0.25) is 0 Å². The summed E-state index contributed by atoms with van der Waals surface area (Å²) in [6.07, 6.45) is 5.95. The third-order valence-electron chi connectivity index (χ3n) is 6.36. The first-order valence-electron chi connectivity index (χ1n) is 12.0. The second kappa shape index (κ2) is 10.4. The SMILES string of the molecule is C=CCn1c(COc2ccc(CC)cc2)nnc1SCc1nc2sc3c(c2c(=O)[nH]1)CC[C@@H](C)C3. The summed E-state index contributed by atoms with van der Waals surface area (Å²) in [7, 11) is 0. The molecule has 0 unspecified atom stereocenters. The summed E-state index contributed by atoms with van der Waals surface area (Å²) < 4.78 is 7.93. The lowest BCUT2D eigenvalue weighted by Gasteiger charge is -2.17. The van der Waals surface area contributed by atoms with Crippen LogP contribution in [-0.4, -0.2) is 24.7 Å². The summed E-state index contributed by atoms with van der Waals surface area (Å²) >= 11 is 3.17. The largest absolute Gasteiger partial charge is 0.486 e. The van der Waals surface area contributed by atoms with Gasteiger partial charge in [-0.25, -0.2) is 4.98 Å². The number of hydrogen-bond acceptors (Lipinski definition) is 7. The second-order valence-corrected chi connectivity index (χ2v) is 10.9. The Kier molecular flexibility index (Phi) is 7.06. The molecule has 3 aromatic heterocycles. The Hall–Kier alpha value is -2.91. The zero-order valence-corrected chi connectivity index (χ0v) is 21.7. The van der Waals surface area contributed by atoms with Gasteiger partial charge in [0.05, 0.1) is 11.1 Å². The van der Waals surface area contributed by atoms with Gasteiger partial charge in [-0.1, -0.05) is 43.8 Å². The highest BCUT2D eigenvalue weighted by molar-refractivity contribution is 7.98. The van der Waals surface area contributed by atoms with Gasteiger partial charge in [0.25, 0.3) is 5.56 Å². The van der Waals surface area contributed by atoms with Crippen molar-refractivity contribution < 1.29 is 4.74 Å². The molecule has 35 heavy (non-hydrogen) atoms. The predicted octanol–water partition coefficient (Wildman–Crippen LogP) is 5.32. The summed E-state index contributed by atoms with van der Waals surface area (Å²) in [6, 6.07) is 8.09. The maximum Gasteiger partial charge on any atom is 0.259 e. The number of hydrogen-bond donors (Lipinski definition) is 1. The standard InChI is InChI=1S/C26H29N5O2S2/c1-4-12-31-22(14-33-18-9-7-17(5-2)8-10-18)29-30-26(31)34-15-21-27-24(32)23-19-11-6-16(3)13-20(19)35-25(23)28-21/h4,7-10,16H,1,5-6,11-15H2,2-3H3,(H,27,28,32)/t16-/m1/s1. The van der Waals surface area contributed by atoms with Crippen LogP contribution < -0.4 is 10.3 Å². The van der Waals surface area contributed by atoms with E-state index in [2.05, 4.69) is 47.7 Å². The molecule has 3 heterocycles. The molecule has 0 saturated carbocycles. The molecule has 0 aliphatic heterocycles. The number of allylic oxidation sites excluding steroid dienone is 1. The van der Waals surface area contributed by atoms with Crippen LogP contribution in [0.25, 0.3) is 10.2 Å². The molecule has 7 nitrogen and oxygen atoms in total. The van der Waals surface area contributed by atoms with Crippen molar-refractivity contribution in [3.63, 3.8) is 0 Å². The quantitative estimate of drug-likeness (QED) is 0.244. The van der Waals surface area contributed by atoms with E-state index in [1.165, 1.54) is 27.8 Å². The van der Waals surface area contributed by atoms with E-state index < -0.39 is 0 Å². The van der Waals surface area contributed by atoms with Crippen molar-refractivity contribution in [1.82, 2.24) is 24.7 Å². The van der Waals surface area contributed by atoms with Crippen molar-refractivity contribution in [2.75, 3.05) is 0 Å². The Morgan fingerprint density at radius 3 is 2.91 bits per heavy atom. The Morgan fingerprint density at radius 2 is 2.14 bits per heavy atom. The van der Waals surface area contributed by atoms with Crippen LogP contribution in [0.5, 0.6) is 5.75 Å². The first-order valence-corrected chi connectivity index (χ1v) is 13.8. The lowest BCUT2D eigenvalue weighted by Crippen LogP contribution is -2.14. The van der Waals surface area contributed by atoms with Crippen LogP contribution in [0.4, 0.5) is 0 Å². The molecule has 4 aromatic rings. The Morgan fingerprint density at radius 1 is 1.31 bits per heavy atom. The minimum Gasteiger partial charge on any atom is -0.486 e. The van der Waals surface area contributed by atoms with E-state index >= 15 is 0 Å². The van der Waals surface area contributed by atoms with Crippen LogP contribution in [-0.2, 0) is 38.2 Å². The molecule has 182 valence electrons. The third-order valence-corrected chi connectivity index (χ3v) is 8.48. The summed E-state index contributed by atoms with van der Waals surface area (Å²) in [5.41, 5.74) is 2.44. The van der Waals surface area contributed by atoms with Gasteiger partial charge in [0, 0.05) is 11.4 Å². The molecule has 1 aromatic carbocycles. The molecule has 1 N–H and O–H groups in total. The van der Waals surface area contributed by atoms with E-state index in [-0.39, 0.29) is 5.56 Å². The van der Waals surface area contributed by atoms with Crippen LogP contribution in [0, 0.1) is 5.92 Å². The Bertz CT molecular complexity index is 1400. The summed E-state index contributed by atoms with van der Waals surface area (Å²) in [4.78, 5) is 22.9. The number of aromatic amines is 1. The van der Waals surface area contributed by atoms with Crippen molar-refractivity contribution in [2.45, 2.75) is 63.6 Å². The molecule has 1 aliphatic carbocycles. The van der Waals surface area contributed by atoms with Crippen molar-refractivity contribution in [3.8, 4) is 5.75 Å². The van der Waals surface area contributed by atoms with E-state index in [1.54, 1.807) is 11.3 Å². The highest BCUT2D eigenvalue weighted by Gasteiger charge is 2.23. The van der Waals surface area contributed by atoms with E-state index in [1.807, 2.05) is 22.8 Å². The van der Waals surface area contributed by atoms with E-state index in [0.29, 0.717) is 30.6 Å². The predicted molar refractivity (Wildman–Crippen MR) is 141 cm³/mol. The number of H-pyrrole nitrogens is 1. The molecular formula is C26H29N5O2S2. The highest BCUT2D eigenvalue weighted by Crippen LogP contribution is 2.36. The number of ether oxygens (including phenoxy) is 1. The van der Waals surface area contributed by atoms with Crippen molar-refractivity contribution >= 4 is 33.3 Å². The number of fused-ring (bicyclic) bond motifs is 3. The lowest BCUT2D eigenvalue weighted by atomic mass is 9.89. The van der Waals surface area contributed by atoms with Gasteiger partial charge in [-0.3, -0.25) is 9.36 Å². The minimum absolute atomic E-state index is 0.0339. The smallest absolute Gasteiger partial charge is 0.259 e. The van der Waals surface area contributed by atoms with Gasteiger partial charge in [-0.15, -0.1) is 28.1 Å². The van der Waals surface area contributed by atoms with E-state index in [0.717, 1.165) is 52.6 Å². The zero-order chi connectivity index (χ0) is 24.4. The molecule has 0 fully saturated rings. The van der Waals surface area contributed by atoms with E-state index in [9.17, 15) is 4.79 Å². The lowest BCUT2D eigenvalue weighted by molar-refractivity contribution is 0.289. The molecule has 0 bridgehead atoms. The maximum atomic E-state index is 12.9. The second-order valence-electron chi connectivity index (χ2n) is 8.92. The highest BCUT2D eigenvalue weighted by atomic mass is 32.2. The van der Waals surface area contributed by atoms with Crippen molar-refractivity contribution in [2.24, 2.45) is 5.92 Å². The average molecular weight is 508 g/mol. The average Bonchev–Trinajstić information content (AvgIpc) is 3.42.